The molecule has 188 valence electrons. The van der Waals surface area contributed by atoms with Gasteiger partial charge in [0.15, 0.2) is 0 Å². The van der Waals surface area contributed by atoms with E-state index in [1.807, 2.05) is 0 Å². The molecular weight excluding hydrogens is 432 g/mol. The number of nitrogens with one attached hydrogen (secondary N) is 1. The first-order valence-corrected chi connectivity index (χ1v) is 13.4. The number of nitrogens with two attached hydrogens (primary N) is 2. The highest BCUT2D eigenvalue weighted by atomic mass is 16.2. The SMILES string of the molecule is CC1([C@H](N)C(=O)N2C[C@H]3[C@H](CCC34CC4)[C@H]2C(=O)NC(CC2CC2)C(=O)C(N)=O)CCCCC1. The van der Waals surface area contributed by atoms with Gasteiger partial charge in [0.05, 0.1) is 12.1 Å². The fraction of sp³-hybridized carbons (Fsp3) is 0.846. The maximum absolute atomic E-state index is 13.8. The maximum Gasteiger partial charge on any atom is 0.287 e. The first-order chi connectivity index (χ1) is 16.2. The van der Waals surface area contributed by atoms with Crippen LogP contribution in [0.5, 0.6) is 0 Å². The predicted octanol–water partition coefficient (Wildman–Crippen LogP) is 1.64. The zero-order valence-electron chi connectivity index (χ0n) is 20.4. The number of nitrogens with zero attached hydrogens (tertiary/aromatic N) is 1. The fourth-order valence-electron chi connectivity index (χ4n) is 7.40. The minimum Gasteiger partial charge on any atom is -0.363 e. The molecule has 4 saturated carbocycles. The van der Waals surface area contributed by atoms with Crippen molar-refractivity contribution in [2.45, 2.75) is 102 Å². The Balaban J connectivity index is 1.38. The quantitative estimate of drug-likeness (QED) is 0.462. The van der Waals surface area contributed by atoms with Crippen molar-refractivity contribution in [3.63, 3.8) is 0 Å². The van der Waals surface area contributed by atoms with E-state index < -0.39 is 29.8 Å². The normalized spacial score (nSPS) is 32.6. The van der Waals surface area contributed by atoms with Crippen LogP contribution in [0.3, 0.4) is 0 Å². The lowest BCUT2D eigenvalue weighted by Crippen LogP contribution is -2.59. The van der Waals surface area contributed by atoms with Crippen LogP contribution in [0.2, 0.25) is 0 Å². The number of fused-ring (bicyclic) bond motifs is 2. The second-order valence-electron chi connectivity index (χ2n) is 12.3. The Kier molecular flexibility index (Phi) is 6.02. The van der Waals surface area contributed by atoms with Gasteiger partial charge in [-0.25, -0.2) is 0 Å². The summed E-state index contributed by atoms with van der Waals surface area (Å²) in [6, 6.07) is -2.17. The molecular formula is C26H40N4O4. The third kappa shape index (κ3) is 4.16. The van der Waals surface area contributed by atoms with E-state index in [1.54, 1.807) is 4.90 Å². The lowest BCUT2D eigenvalue weighted by Gasteiger charge is -2.40. The molecule has 5 N–H and O–H groups in total. The predicted molar refractivity (Wildman–Crippen MR) is 126 cm³/mol. The van der Waals surface area contributed by atoms with Crippen LogP contribution < -0.4 is 16.8 Å². The minimum absolute atomic E-state index is 0.0862. The van der Waals surface area contributed by atoms with Crippen LogP contribution in [-0.4, -0.2) is 53.1 Å². The Labute approximate surface area is 201 Å². The highest BCUT2D eigenvalue weighted by Crippen LogP contribution is 2.66. The zero-order valence-corrected chi connectivity index (χ0v) is 20.4. The average molecular weight is 473 g/mol. The van der Waals surface area contributed by atoms with Crippen LogP contribution in [0, 0.1) is 28.6 Å². The van der Waals surface area contributed by atoms with E-state index in [1.165, 1.54) is 19.3 Å². The van der Waals surface area contributed by atoms with Gasteiger partial charge in [-0.2, -0.15) is 0 Å². The van der Waals surface area contributed by atoms with Crippen LogP contribution in [0.1, 0.15) is 84.0 Å². The van der Waals surface area contributed by atoms with Gasteiger partial charge >= 0.3 is 0 Å². The molecule has 0 aromatic heterocycles. The molecule has 0 bridgehead atoms. The fourth-order valence-corrected chi connectivity index (χ4v) is 7.40. The molecule has 0 radical (unpaired) electrons. The lowest BCUT2D eigenvalue weighted by molar-refractivity contribution is -0.144. The molecule has 4 aliphatic carbocycles. The van der Waals surface area contributed by atoms with Crippen LogP contribution in [-0.2, 0) is 19.2 Å². The summed E-state index contributed by atoms with van der Waals surface area (Å²) in [7, 11) is 0. The molecule has 1 aliphatic heterocycles. The van der Waals surface area contributed by atoms with Gasteiger partial charge in [0, 0.05) is 6.54 Å². The van der Waals surface area contributed by atoms with Gasteiger partial charge in [0.1, 0.15) is 6.04 Å². The zero-order chi connectivity index (χ0) is 24.3. The lowest BCUT2D eigenvalue weighted by atomic mass is 9.70. The summed E-state index contributed by atoms with van der Waals surface area (Å²) in [4.78, 5) is 53.4. The van der Waals surface area contributed by atoms with Crippen molar-refractivity contribution in [2.75, 3.05) is 6.54 Å². The molecule has 1 saturated heterocycles. The summed E-state index contributed by atoms with van der Waals surface area (Å²) in [6.07, 6.45) is 12.0. The monoisotopic (exact) mass is 472 g/mol. The van der Waals surface area contributed by atoms with Gasteiger partial charge in [-0.05, 0) is 73.5 Å². The van der Waals surface area contributed by atoms with E-state index >= 15 is 0 Å². The number of Topliss-reactive ketones (excluding diaryl/α,β-unsaturated/α-hetero) is 1. The second-order valence-corrected chi connectivity index (χ2v) is 12.3. The Hall–Kier alpha value is -1.96. The number of carbonyl (C=O) groups excluding carboxylic acids is 4. The molecule has 1 unspecified atom stereocenters. The topological polar surface area (TPSA) is 136 Å². The van der Waals surface area contributed by atoms with Gasteiger partial charge in [-0.1, -0.05) is 39.0 Å². The standard InChI is InChI=1S/C26H40N4O4/c1-25(8-3-2-4-9-25)21(27)24(34)30-14-17-16(7-10-26(17)11-12-26)19(30)23(33)29-18(13-15-5-6-15)20(31)22(28)32/h15-19,21H,2-14,27H2,1H3,(H2,28,32)(H,29,33)/t16-,17-,18?,19-,21+/m0/s1. The van der Waals surface area contributed by atoms with E-state index in [4.69, 9.17) is 11.5 Å². The van der Waals surface area contributed by atoms with Gasteiger partial charge in [-0.3, -0.25) is 19.2 Å². The largest absolute Gasteiger partial charge is 0.363 e. The van der Waals surface area contributed by atoms with E-state index in [2.05, 4.69) is 12.2 Å². The van der Waals surface area contributed by atoms with Crippen molar-refractivity contribution < 1.29 is 19.2 Å². The van der Waals surface area contributed by atoms with Crippen molar-refractivity contribution in [3.8, 4) is 0 Å². The third-order valence-electron chi connectivity index (χ3n) is 10.0. The number of ketones is 1. The highest BCUT2D eigenvalue weighted by molar-refractivity contribution is 6.37. The van der Waals surface area contributed by atoms with Crippen molar-refractivity contribution in [3.05, 3.63) is 0 Å². The molecule has 0 aromatic rings. The molecule has 1 heterocycles. The van der Waals surface area contributed by atoms with Crippen LogP contribution in [0.25, 0.3) is 0 Å². The van der Waals surface area contributed by atoms with Crippen LogP contribution in [0.15, 0.2) is 0 Å². The number of hydrogen-bond donors (Lipinski definition) is 3. The summed E-state index contributed by atoms with van der Waals surface area (Å²) >= 11 is 0. The molecule has 8 nitrogen and oxygen atoms in total. The van der Waals surface area contributed by atoms with E-state index in [0.29, 0.717) is 24.8 Å². The summed E-state index contributed by atoms with van der Waals surface area (Å²) in [5, 5.41) is 2.86. The Morgan fingerprint density at radius 1 is 1.00 bits per heavy atom. The molecule has 5 aliphatic rings. The van der Waals surface area contributed by atoms with E-state index in [-0.39, 0.29) is 28.6 Å². The highest BCUT2D eigenvalue weighted by Gasteiger charge is 2.64. The number of rotatable bonds is 8. The summed E-state index contributed by atoms with van der Waals surface area (Å²) in [5.41, 5.74) is 11.9. The molecule has 1 spiro atoms. The molecule has 3 amide bonds. The van der Waals surface area contributed by atoms with Gasteiger partial charge < -0.3 is 21.7 Å². The van der Waals surface area contributed by atoms with Crippen molar-refractivity contribution >= 4 is 23.5 Å². The number of carbonyl (C=O) groups is 4. The number of amides is 3. The van der Waals surface area contributed by atoms with Crippen LogP contribution >= 0.6 is 0 Å². The van der Waals surface area contributed by atoms with Gasteiger partial charge in [0.25, 0.3) is 5.91 Å². The maximum atomic E-state index is 13.8. The Morgan fingerprint density at radius 2 is 1.68 bits per heavy atom. The summed E-state index contributed by atoms with van der Waals surface area (Å²) < 4.78 is 0. The van der Waals surface area contributed by atoms with Gasteiger partial charge in [0.2, 0.25) is 17.6 Å². The molecule has 8 heteroatoms. The molecule has 5 fully saturated rings. The van der Waals surface area contributed by atoms with E-state index in [9.17, 15) is 19.2 Å². The summed E-state index contributed by atoms with van der Waals surface area (Å²) in [5.74, 6) is -1.48. The first-order valence-electron chi connectivity index (χ1n) is 13.4. The average Bonchev–Trinajstić information content (AvgIpc) is 3.72. The third-order valence-corrected chi connectivity index (χ3v) is 10.0. The van der Waals surface area contributed by atoms with Crippen molar-refractivity contribution in [1.82, 2.24) is 10.2 Å². The second kappa shape index (κ2) is 8.61. The Bertz CT molecular complexity index is 874. The minimum atomic E-state index is -1.02. The number of hydrogen-bond acceptors (Lipinski definition) is 5. The molecule has 5 rings (SSSR count). The molecule has 0 aromatic carbocycles. The van der Waals surface area contributed by atoms with Gasteiger partial charge in [-0.15, -0.1) is 0 Å². The van der Waals surface area contributed by atoms with E-state index in [0.717, 1.165) is 51.4 Å². The summed E-state index contributed by atoms with van der Waals surface area (Å²) in [6.45, 7) is 2.68. The van der Waals surface area contributed by atoms with Crippen LogP contribution in [0.4, 0.5) is 0 Å². The number of primary amides is 1. The first kappa shape index (κ1) is 23.8. The van der Waals surface area contributed by atoms with Crippen molar-refractivity contribution in [1.29, 1.82) is 0 Å². The Morgan fingerprint density at radius 3 is 2.26 bits per heavy atom. The smallest absolute Gasteiger partial charge is 0.287 e. The van der Waals surface area contributed by atoms with Crippen molar-refractivity contribution in [2.24, 2.45) is 40.1 Å². The molecule has 5 atom stereocenters. The molecule has 34 heavy (non-hydrogen) atoms. The number of likely N-dealkylation sites (tertiary alicyclic amines) is 1.